The molecule has 106 valence electrons. The zero-order chi connectivity index (χ0) is 14.0. The Hall–Kier alpha value is -1.70. The van der Waals surface area contributed by atoms with Gasteiger partial charge in [-0.3, -0.25) is 9.97 Å². The van der Waals surface area contributed by atoms with Crippen LogP contribution in [0.2, 0.25) is 0 Å². The minimum Gasteiger partial charge on any atom is -0.261 e. The van der Waals surface area contributed by atoms with Crippen LogP contribution < -0.4 is 0 Å². The van der Waals surface area contributed by atoms with Gasteiger partial charge >= 0.3 is 0 Å². The van der Waals surface area contributed by atoms with Gasteiger partial charge in [-0.1, -0.05) is 38.3 Å². The van der Waals surface area contributed by atoms with Gasteiger partial charge in [0.15, 0.2) is 0 Å². The minimum absolute atomic E-state index is 0.645. The molecule has 2 heteroatoms. The van der Waals surface area contributed by atoms with Crippen molar-refractivity contribution in [3.63, 3.8) is 0 Å². The molecule has 0 fully saturated rings. The Morgan fingerprint density at radius 1 is 0.850 bits per heavy atom. The molecule has 0 amide bonds. The van der Waals surface area contributed by atoms with E-state index in [1.165, 1.54) is 37.1 Å². The molecule has 0 aliphatic rings. The van der Waals surface area contributed by atoms with E-state index in [-0.39, 0.29) is 0 Å². The number of unbranched alkanes of at least 4 members (excludes halogenated alkanes) is 2. The summed E-state index contributed by atoms with van der Waals surface area (Å²) >= 11 is 0. The summed E-state index contributed by atoms with van der Waals surface area (Å²) in [5.74, 6) is 0.645. The van der Waals surface area contributed by atoms with E-state index in [2.05, 4.69) is 41.2 Å². The molecule has 0 saturated carbocycles. The summed E-state index contributed by atoms with van der Waals surface area (Å²) in [7, 11) is 0. The average molecular weight is 268 g/mol. The van der Waals surface area contributed by atoms with Crippen molar-refractivity contribution >= 4 is 0 Å². The molecule has 2 aromatic rings. The highest BCUT2D eigenvalue weighted by Crippen LogP contribution is 2.19. The molecule has 0 aliphatic carbocycles. The standard InChI is InChI=1S/C18H24N2/c1-2-3-4-9-16(14-17-10-5-7-12-19-17)15-18-11-6-8-13-20-18/h5-8,10-13,16H,2-4,9,14-15H2,1H3. The maximum absolute atomic E-state index is 4.47. The molecule has 2 nitrogen and oxygen atoms in total. The quantitative estimate of drug-likeness (QED) is 0.661. The molecular formula is C18H24N2. The highest BCUT2D eigenvalue weighted by molar-refractivity contribution is 5.08. The third-order valence-corrected chi connectivity index (χ3v) is 3.66. The molecule has 2 heterocycles. The zero-order valence-corrected chi connectivity index (χ0v) is 12.3. The van der Waals surface area contributed by atoms with Crippen LogP contribution in [0, 0.1) is 5.92 Å². The maximum Gasteiger partial charge on any atom is 0.0406 e. The van der Waals surface area contributed by atoms with Crippen LogP contribution in [0.3, 0.4) is 0 Å². The van der Waals surface area contributed by atoms with Crippen molar-refractivity contribution in [3.8, 4) is 0 Å². The Morgan fingerprint density at radius 3 is 1.90 bits per heavy atom. The van der Waals surface area contributed by atoms with E-state index in [1.54, 1.807) is 0 Å². The molecule has 0 saturated heterocycles. The van der Waals surface area contributed by atoms with E-state index in [9.17, 15) is 0 Å². The Labute approximate surface area is 122 Å². The highest BCUT2D eigenvalue weighted by Gasteiger charge is 2.12. The second-order valence-corrected chi connectivity index (χ2v) is 5.41. The smallest absolute Gasteiger partial charge is 0.0406 e. The SMILES string of the molecule is CCCCCC(Cc1ccccn1)Cc1ccccn1. The summed E-state index contributed by atoms with van der Waals surface area (Å²) in [5.41, 5.74) is 2.40. The minimum atomic E-state index is 0.645. The van der Waals surface area contributed by atoms with Crippen LogP contribution in [0.5, 0.6) is 0 Å². The van der Waals surface area contributed by atoms with Crippen molar-refractivity contribution in [1.82, 2.24) is 9.97 Å². The summed E-state index contributed by atoms with van der Waals surface area (Å²) in [5, 5.41) is 0. The van der Waals surface area contributed by atoms with Crippen molar-refractivity contribution in [3.05, 3.63) is 60.2 Å². The van der Waals surface area contributed by atoms with Crippen LogP contribution in [-0.4, -0.2) is 9.97 Å². The van der Waals surface area contributed by atoms with Crippen molar-refractivity contribution in [2.45, 2.75) is 45.4 Å². The van der Waals surface area contributed by atoms with E-state index in [4.69, 9.17) is 0 Å². The fourth-order valence-electron chi connectivity index (χ4n) is 2.59. The first kappa shape index (κ1) is 14.7. The third-order valence-electron chi connectivity index (χ3n) is 3.66. The van der Waals surface area contributed by atoms with E-state index >= 15 is 0 Å². The zero-order valence-electron chi connectivity index (χ0n) is 12.3. The van der Waals surface area contributed by atoms with Crippen LogP contribution in [0.4, 0.5) is 0 Å². The van der Waals surface area contributed by atoms with Crippen molar-refractivity contribution in [2.75, 3.05) is 0 Å². The highest BCUT2D eigenvalue weighted by atomic mass is 14.7. The lowest BCUT2D eigenvalue weighted by atomic mass is 9.91. The molecule has 2 aromatic heterocycles. The molecular weight excluding hydrogens is 244 g/mol. The first-order chi connectivity index (χ1) is 9.88. The summed E-state index contributed by atoms with van der Waals surface area (Å²) < 4.78 is 0. The van der Waals surface area contributed by atoms with Crippen molar-refractivity contribution in [2.24, 2.45) is 5.92 Å². The molecule has 0 aliphatic heterocycles. The molecule has 0 bridgehead atoms. The molecule has 0 radical (unpaired) electrons. The largest absolute Gasteiger partial charge is 0.261 e. The number of pyridine rings is 2. The molecule has 0 spiro atoms. The lowest BCUT2D eigenvalue weighted by Gasteiger charge is -2.16. The van der Waals surface area contributed by atoms with Crippen molar-refractivity contribution < 1.29 is 0 Å². The van der Waals surface area contributed by atoms with E-state index in [0.717, 1.165) is 12.8 Å². The lowest BCUT2D eigenvalue weighted by molar-refractivity contribution is 0.445. The van der Waals surface area contributed by atoms with Crippen LogP contribution in [0.25, 0.3) is 0 Å². The van der Waals surface area contributed by atoms with Gasteiger partial charge in [-0.25, -0.2) is 0 Å². The van der Waals surface area contributed by atoms with Gasteiger partial charge in [-0.15, -0.1) is 0 Å². The van der Waals surface area contributed by atoms with Crippen LogP contribution >= 0.6 is 0 Å². The normalized spacial score (nSPS) is 10.9. The van der Waals surface area contributed by atoms with E-state index in [0.29, 0.717) is 5.92 Å². The van der Waals surface area contributed by atoms with Gasteiger partial charge in [0, 0.05) is 23.8 Å². The topological polar surface area (TPSA) is 25.8 Å². The lowest BCUT2D eigenvalue weighted by Crippen LogP contribution is -2.10. The van der Waals surface area contributed by atoms with Gasteiger partial charge in [0.2, 0.25) is 0 Å². The second-order valence-electron chi connectivity index (χ2n) is 5.41. The van der Waals surface area contributed by atoms with Crippen LogP contribution in [0.1, 0.15) is 44.0 Å². The summed E-state index contributed by atoms with van der Waals surface area (Å²) in [6, 6.07) is 12.4. The fourth-order valence-corrected chi connectivity index (χ4v) is 2.59. The number of rotatable bonds is 8. The Balaban J connectivity index is 1.96. The first-order valence-electron chi connectivity index (χ1n) is 7.68. The van der Waals surface area contributed by atoms with Gasteiger partial charge < -0.3 is 0 Å². The van der Waals surface area contributed by atoms with Gasteiger partial charge in [-0.05, 0) is 49.4 Å². The predicted octanol–water partition coefficient (Wildman–Crippen LogP) is 4.46. The summed E-state index contributed by atoms with van der Waals surface area (Å²) in [6.07, 6.45) is 11.1. The summed E-state index contributed by atoms with van der Waals surface area (Å²) in [6.45, 7) is 2.26. The van der Waals surface area contributed by atoms with E-state index in [1.807, 2.05) is 24.5 Å². The molecule has 2 rings (SSSR count). The summed E-state index contributed by atoms with van der Waals surface area (Å²) in [4.78, 5) is 8.94. The molecule has 0 N–H and O–H groups in total. The third kappa shape index (κ3) is 5.12. The Morgan fingerprint density at radius 2 is 1.45 bits per heavy atom. The van der Waals surface area contributed by atoms with Gasteiger partial charge in [-0.2, -0.15) is 0 Å². The predicted molar refractivity (Wildman–Crippen MR) is 83.5 cm³/mol. The fraction of sp³-hybridized carbons (Fsp3) is 0.444. The molecule has 0 atom stereocenters. The Kier molecular flexibility index (Phi) is 6.22. The average Bonchev–Trinajstić information content (AvgIpc) is 2.49. The second kappa shape index (κ2) is 8.47. The number of aromatic nitrogens is 2. The number of hydrogen-bond acceptors (Lipinski definition) is 2. The molecule has 20 heavy (non-hydrogen) atoms. The monoisotopic (exact) mass is 268 g/mol. The molecule has 0 unspecified atom stereocenters. The van der Waals surface area contributed by atoms with E-state index < -0.39 is 0 Å². The maximum atomic E-state index is 4.47. The number of hydrogen-bond donors (Lipinski definition) is 0. The van der Waals surface area contributed by atoms with Gasteiger partial charge in [0.05, 0.1) is 0 Å². The van der Waals surface area contributed by atoms with Gasteiger partial charge in [0.1, 0.15) is 0 Å². The Bertz CT molecular complexity index is 426. The molecule has 0 aromatic carbocycles. The van der Waals surface area contributed by atoms with Crippen molar-refractivity contribution in [1.29, 1.82) is 0 Å². The first-order valence-corrected chi connectivity index (χ1v) is 7.68. The van der Waals surface area contributed by atoms with Crippen LogP contribution in [-0.2, 0) is 12.8 Å². The number of nitrogens with zero attached hydrogens (tertiary/aromatic N) is 2. The van der Waals surface area contributed by atoms with Gasteiger partial charge in [0.25, 0.3) is 0 Å². The van der Waals surface area contributed by atoms with Crippen LogP contribution in [0.15, 0.2) is 48.8 Å².